The summed E-state index contributed by atoms with van der Waals surface area (Å²) < 4.78 is 1.49. The number of rotatable bonds is 8. The number of hydrogen-bond acceptors (Lipinski definition) is 3. The minimum atomic E-state index is -1.13. The standard InChI is InChI=1S/C13H20N2O4/c1-3-5-6-10(4-2)8-14-9-11(15(18)19)7-12(14)13(16)17/h7,9-10H,3-6,8H2,1-2H3,(H,16,17). The summed E-state index contributed by atoms with van der Waals surface area (Å²) in [5.74, 6) is -0.775. The lowest BCUT2D eigenvalue weighted by Gasteiger charge is -2.16. The fraction of sp³-hybridized carbons (Fsp3) is 0.615. The number of aromatic nitrogens is 1. The molecule has 0 aliphatic rings. The number of hydrogen-bond donors (Lipinski definition) is 1. The van der Waals surface area contributed by atoms with Crippen LogP contribution in [0.25, 0.3) is 0 Å². The van der Waals surface area contributed by atoms with E-state index < -0.39 is 10.9 Å². The third-order valence-electron chi connectivity index (χ3n) is 3.31. The molecule has 19 heavy (non-hydrogen) atoms. The lowest BCUT2D eigenvalue weighted by Crippen LogP contribution is -2.14. The van der Waals surface area contributed by atoms with E-state index in [1.54, 1.807) is 0 Å². The smallest absolute Gasteiger partial charge is 0.352 e. The molecule has 6 heteroatoms. The normalized spacial score (nSPS) is 12.3. The Morgan fingerprint density at radius 2 is 2.21 bits per heavy atom. The van der Waals surface area contributed by atoms with Crippen molar-refractivity contribution >= 4 is 11.7 Å². The Balaban J connectivity index is 2.91. The van der Waals surface area contributed by atoms with Crippen molar-refractivity contribution in [1.29, 1.82) is 0 Å². The van der Waals surface area contributed by atoms with Gasteiger partial charge in [-0.3, -0.25) is 10.1 Å². The minimum absolute atomic E-state index is 0.0124. The Bertz CT molecular complexity index is 453. The fourth-order valence-electron chi connectivity index (χ4n) is 2.12. The van der Waals surface area contributed by atoms with Crippen molar-refractivity contribution in [2.45, 2.75) is 46.1 Å². The van der Waals surface area contributed by atoms with Gasteiger partial charge in [-0.25, -0.2) is 4.79 Å². The third kappa shape index (κ3) is 4.08. The van der Waals surface area contributed by atoms with Crippen LogP contribution in [0.1, 0.15) is 50.0 Å². The SMILES string of the molecule is CCCCC(CC)Cn1cc([N+](=O)[O-])cc1C(=O)O. The average Bonchev–Trinajstić information content (AvgIpc) is 2.78. The maximum absolute atomic E-state index is 11.1. The predicted octanol–water partition coefficient (Wildman–Crippen LogP) is 3.31. The molecular weight excluding hydrogens is 248 g/mol. The van der Waals surface area contributed by atoms with Gasteiger partial charge in [0.2, 0.25) is 0 Å². The summed E-state index contributed by atoms with van der Waals surface area (Å²) >= 11 is 0. The van der Waals surface area contributed by atoms with Crippen molar-refractivity contribution in [3.8, 4) is 0 Å². The van der Waals surface area contributed by atoms with Crippen LogP contribution in [0.4, 0.5) is 5.69 Å². The number of nitro groups is 1. The summed E-state index contributed by atoms with van der Waals surface area (Å²) in [6.07, 6.45) is 5.44. The van der Waals surface area contributed by atoms with Gasteiger partial charge in [-0.1, -0.05) is 33.1 Å². The zero-order chi connectivity index (χ0) is 14.4. The molecule has 1 rings (SSSR count). The second-order valence-electron chi connectivity index (χ2n) is 4.71. The summed E-state index contributed by atoms with van der Waals surface area (Å²) in [6.45, 7) is 4.68. The fourth-order valence-corrected chi connectivity index (χ4v) is 2.12. The van der Waals surface area contributed by atoms with Gasteiger partial charge in [0.05, 0.1) is 11.1 Å². The van der Waals surface area contributed by atoms with Gasteiger partial charge in [-0.05, 0) is 12.3 Å². The Morgan fingerprint density at radius 3 is 2.68 bits per heavy atom. The van der Waals surface area contributed by atoms with Gasteiger partial charge in [-0.15, -0.1) is 0 Å². The van der Waals surface area contributed by atoms with E-state index in [-0.39, 0.29) is 11.4 Å². The Hall–Kier alpha value is -1.85. The van der Waals surface area contributed by atoms with Crippen LogP contribution < -0.4 is 0 Å². The quantitative estimate of drug-likeness (QED) is 0.579. The van der Waals surface area contributed by atoms with Gasteiger partial charge >= 0.3 is 5.97 Å². The van der Waals surface area contributed by atoms with E-state index in [0.29, 0.717) is 12.5 Å². The number of carbonyl (C=O) groups is 1. The number of unbranched alkanes of at least 4 members (excludes halogenated alkanes) is 1. The summed E-state index contributed by atoms with van der Waals surface area (Å²) in [5, 5.41) is 19.8. The van der Waals surface area contributed by atoms with Crippen LogP contribution in [0.15, 0.2) is 12.3 Å². The van der Waals surface area contributed by atoms with Crippen molar-refractivity contribution in [3.05, 3.63) is 28.1 Å². The van der Waals surface area contributed by atoms with Crippen LogP contribution >= 0.6 is 0 Å². The summed E-state index contributed by atoms with van der Waals surface area (Å²) in [4.78, 5) is 21.3. The highest BCUT2D eigenvalue weighted by atomic mass is 16.6. The second kappa shape index (κ2) is 6.92. The van der Waals surface area contributed by atoms with Crippen LogP contribution in [0.5, 0.6) is 0 Å². The largest absolute Gasteiger partial charge is 0.477 e. The topological polar surface area (TPSA) is 85.4 Å². The first-order chi connectivity index (χ1) is 8.99. The molecule has 1 atom stereocenters. The second-order valence-corrected chi connectivity index (χ2v) is 4.71. The summed E-state index contributed by atoms with van der Waals surface area (Å²) in [5.41, 5.74) is -0.176. The highest BCUT2D eigenvalue weighted by Gasteiger charge is 2.20. The van der Waals surface area contributed by atoms with Crippen molar-refractivity contribution in [1.82, 2.24) is 4.57 Å². The van der Waals surface area contributed by atoms with Gasteiger partial charge < -0.3 is 9.67 Å². The van der Waals surface area contributed by atoms with E-state index in [0.717, 1.165) is 31.7 Å². The molecule has 0 saturated heterocycles. The third-order valence-corrected chi connectivity index (χ3v) is 3.31. The molecular formula is C13H20N2O4. The van der Waals surface area contributed by atoms with Crippen LogP contribution in [-0.4, -0.2) is 20.6 Å². The molecule has 0 amide bonds. The number of carboxylic acids is 1. The molecule has 0 spiro atoms. The highest BCUT2D eigenvalue weighted by Crippen LogP contribution is 2.21. The van der Waals surface area contributed by atoms with Gasteiger partial charge in [-0.2, -0.15) is 0 Å². The van der Waals surface area contributed by atoms with Gasteiger partial charge in [0.1, 0.15) is 5.69 Å². The van der Waals surface area contributed by atoms with Crippen LogP contribution in [0.2, 0.25) is 0 Å². The molecule has 1 unspecified atom stereocenters. The monoisotopic (exact) mass is 268 g/mol. The predicted molar refractivity (Wildman–Crippen MR) is 71.4 cm³/mol. The Kier molecular flexibility index (Phi) is 5.54. The van der Waals surface area contributed by atoms with Crippen molar-refractivity contribution in [2.24, 2.45) is 5.92 Å². The van der Waals surface area contributed by atoms with E-state index >= 15 is 0 Å². The molecule has 1 heterocycles. The van der Waals surface area contributed by atoms with Crippen molar-refractivity contribution in [2.75, 3.05) is 0 Å². The molecule has 0 aliphatic carbocycles. The van der Waals surface area contributed by atoms with Crippen molar-refractivity contribution in [3.63, 3.8) is 0 Å². The van der Waals surface area contributed by atoms with E-state index in [1.807, 2.05) is 0 Å². The van der Waals surface area contributed by atoms with Crippen LogP contribution in [-0.2, 0) is 6.54 Å². The van der Waals surface area contributed by atoms with Gasteiger partial charge in [0, 0.05) is 12.6 Å². The molecule has 0 fully saturated rings. The molecule has 0 bridgehead atoms. The van der Waals surface area contributed by atoms with Crippen molar-refractivity contribution < 1.29 is 14.8 Å². The van der Waals surface area contributed by atoms with Crippen LogP contribution in [0, 0.1) is 16.0 Å². The minimum Gasteiger partial charge on any atom is -0.477 e. The first-order valence-corrected chi connectivity index (χ1v) is 6.57. The summed E-state index contributed by atoms with van der Waals surface area (Å²) in [7, 11) is 0. The maximum Gasteiger partial charge on any atom is 0.352 e. The first-order valence-electron chi connectivity index (χ1n) is 6.57. The van der Waals surface area contributed by atoms with Gasteiger partial charge in [0.15, 0.2) is 0 Å². The average molecular weight is 268 g/mol. The molecule has 1 aromatic rings. The molecule has 1 N–H and O–H groups in total. The molecule has 0 saturated carbocycles. The molecule has 6 nitrogen and oxygen atoms in total. The highest BCUT2D eigenvalue weighted by molar-refractivity contribution is 5.86. The number of nitrogens with zero attached hydrogens (tertiary/aromatic N) is 2. The molecule has 0 aliphatic heterocycles. The van der Waals surface area contributed by atoms with Crippen LogP contribution in [0.3, 0.4) is 0 Å². The van der Waals surface area contributed by atoms with Gasteiger partial charge in [0.25, 0.3) is 5.69 Å². The zero-order valence-corrected chi connectivity index (χ0v) is 11.3. The molecule has 0 radical (unpaired) electrons. The van der Waals surface area contributed by atoms with E-state index in [1.165, 1.54) is 10.8 Å². The number of aromatic carboxylic acids is 1. The number of carboxylic acid groups (broad SMARTS) is 1. The maximum atomic E-state index is 11.1. The zero-order valence-electron chi connectivity index (χ0n) is 11.3. The Labute approximate surface area is 112 Å². The first kappa shape index (κ1) is 15.2. The van der Waals surface area contributed by atoms with E-state index in [2.05, 4.69) is 13.8 Å². The lowest BCUT2D eigenvalue weighted by atomic mass is 9.99. The van der Waals surface area contributed by atoms with E-state index in [4.69, 9.17) is 5.11 Å². The Morgan fingerprint density at radius 1 is 1.53 bits per heavy atom. The van der Waals surface area contributed by atoms with E-state index in [9.17, 15) is 14.9 Å². The lowest BCUT2D eigenvalue weighted by molar-refractivity contribution is -0.384. The molecule has 1 aromatic heterocycles. The molecule has 106 valence electrons. The summed E-state index contributed by atoms with van der Waals surface area (Å²) in [6, 6.07) is 1.12. The molecule has 0 aromatic carbocycles.